The van der Waals surface area contributed by atoms with Crippen LogP contribution in [0.2, 0.25) is 0 Å². The van der Waals surface area contributed by atoms with E-state index in [-0.39, 0.29) is 17.7 Å². The van der Waals surface area contributed by atoms with Crippen LogP contribution in [0, 0.1) is 5.82 Å². The minimum atomic E-state index is -0.347. The summed E-state index contributed by atoms with van der Waals surface area (Å²) < 4.78 is 18.9. The molecular weight excluding hydrogens is 233 g/mol. The molecular formula is C13H20FN3O. The van der Waals surface area contributed by atoms with Crippen molar-refractivity contribution in [3.63, 3.8) is 0 Å². The summed E-state index contributed by atoms with van der Waals surface area (Å²) in [6.07, 6.45) is -0.155. The fourth-order valence-electron chi connectivity index (χ4n) is 1.43. The first-order valence-corrected chi connectivity index (χ1v) is 6.03. The van der Waals surface area contributed by atoms with Gasteiger partial charge in [-0.05, 0) is 26.0 Å². The number of benzene rings is 1. The second-order valence-corrected chi connectivity index (χ2v) is 3.84. The van der Waals surface area contributed by atoms with Gasteiger partial charge in [-0.1, -0.05) is 12.1 Å². The molecule has 1 aromatic rings. The fourth-order valence-corrected chi connectivity index (χ4v) is 1.43. The van der Waals surface area contributed by atoms with Gasteiger partial charge in [-0.25, -0.2) is 4.39 Å². The molecule has 0 saturated carbocycles. The Balaban J connectivity index is 2.42. The monoisotopic (exact) mass is 253 g/mol. The Kier molecular flexibility index (Phi) is 5.97. The Morgan fingerprint density at radius 2 is 2.11 bits per heavy atom. The number of nitrogens with one attached hydrogen (secondary N) is 2. The molecule has 4 nitrogen and oxygen atoms in total. The van der Waals surface area contributed by atoms with Crippen LogP contribution in [-0.4, -0.2) is 32.2 Å². The maximum Gasteiger partial charge on any atom is 0.191 e. The predicted molar refractivity (Wildman–Crippen MR) is 71.5 cm³/mol. The van der Waals surface area contributed by atoms with E-state index in [1.165, 1.54) is 6.07 Å². The van der Waals surface area contributed by atoms with Gasteiger partial charge in [-0.15, -0.1) is 0 Å². The molecule has 0 aliphatic carbocycles. The number of nitrogens with zero attached hydrogens (tertiary/aromatic N) is 1. The molecule has 0 bridgehead atoms. The van der Waals surface area contributed by atoms with E-state index in [1.54, 1.807) is 25.2 Å². The van der Waals surface area contributed by atoms with Gasteiger partial charge in [0.1, 0.15) is 6.10 Å². The summed E-state index contributed by atoms with van der Waals surface area (Å²) >= 11 is 0. The maximum atomic E-state index is 13.4. The first kappa shape index (κ1) is 14.3. The zero-order chi connectivity index (χ0) is 13.4. The van der Waals surface area contributed by atoms with E-state index in [0.29, 0.717) is 12.5 Å². The Morgan fingerprint density at radius 3 is 2.72 bits per heavy atom. The van der Waals surface area contributed by atoms with E-state index in [0.717, 1.165) is 6.54 Å². The van der Waals surface area contributed by atoms with E-state index in [1.807, 2.05) is 13.8 Å². The van der Waals surface area contributed by atoms with E-state index >= 15 is 0 Å². The van der Waals surface area contributed by atoms with Crippen molar-refractivity contribution >= 4 is 5.96 Å². The lowest BCUT2D eigenvalue weighted by molar-refractivity contribution is 0.214. The van der Waals surface area contributed by atoms with Crippen LogP contribution in [0.4, 0.5) is 4.39 Å². The summed E-state index contributed by atoms with van der Waals surface area (Å²) in [6, 6.07) is 6.38. The van der Waals surface area contributed by atoms with Crippen LogP contribution < -0.4 is 15.4 Å². The van der Waals surface area contributed by atoms with Crippen LogP contribution in [0.5, 0.6) is 5.75 Å². The third kappa shape index (κ3) is 4.61. The zero-order valence-corrected chi connectivity index (χ0v) is 11.0. The van der Waals surface area contributed by atoms with Gasteiger partial charge in [0.2, 0.25) is 0 Å². The molecule has 0 fully saturated rings. The summed E-state index contributed by atoms with van der Waals surface area (Å²) in [5.74, 6) is 0.632. The SMILES string of the molecule is CCNC(=NC)NCC(C)Oc1ccccc1F. The van der Waals surface area contributed by atoms with Crippen molar-refractivity contribution in [3.05, 3.63) is 30.1 Å². The summed E-state index contributed by atoms with van der Waals surface area (Å²) in [7, 11) is 1.70. The van der Waals surface area contributed by atoms with Gasteiger partial charge in [0.25, 0.3) is 0 Å². The molecule has 0 heterocycles. The van der Waals surface area contributed by atoms with Crippen molar-refractivity contribution in [2.45, 2.75) is 20.0 Å². The Labute approximate surface area is 107 Å². The molecule has 1 atom stereocenters. The largest absolute Gasteiger partial charge is 0.486 e. The molecule has 0 radical (unpaired) electrons. The topological polar surface area (TPSA) is 45.7 Å². The first-order valence-electron chi connectivity index (χ1n) is 6.03. The van der Waals surface area contributed by atoms with E-state index in [4.69, 9.17) is 4.74 Å². The summed E-state index contributed by atoms with van der Waals surface area (Å²) in [5.41, 5.74) is 0. The van der Waals surface area contributed by atoms with E-state index in [9.17, 15) is 4.39 Å². The van der Waals surface area contributed by atoms with E-state index in [2.05, 4.69) is 15.6 Å². The van der Waals surface area contributed by atoms with Crippen LogP contribution in [0.3, 0.4) is 0 Å². The molecule has 2 N–H and O–H groups in total. The van der Waals surface area contributed by atoms with Gasteiger partial charge >= 0.3 is 0 Å². The van der Waals surface area contributed by atoms with Gasteiger partial charge in [0.15, 0.2) is 17.5 Å². The maximum absolute atomic E-state index is 13.4. The second kappa shape index (κ2) is 7.53. The smallest absolute Gasteiger partial charge is 0.191 e. The van der Waals surface area contributed by atoms with Crippen LogP contribution in [-0.2, 0) is 0 Å². The molecule has 0 aliphatic heterocycles. The lowest BCUT2D eigenvalue weighted by Gasteiger charge is -2.17. The number of guanidine groups is 1. The summed E-state index contributed by atoms with van der Waals surface area (Å²) in [4.78, 5) is 4.04. The van der Waals surface area contributed by atoms with Crippen LogP contribution in [0.1, 0.15) is 13.8 Å². The molecule has 0 spiro atoms. The summed E-state index contributed by atoms with van der Waals surface area (Å²) in [5, 5.41) is 6.17. The first-order chi connectivity index (χ1) is 8.67. The Hall–Kier alpha value is -1.78. The van der Waals surface area contributed by atoms with Gasteiger partial charge in [0.05, 0.1) is 6.54 Å². The minimum Gasteiger partial charge on any atom is -0.486 e. The Bertz CT molecular complexity index is 396. The minimum absolute atomic E-state index is 0.155. The quantitative estimate of drug-likeness (QED) is 0.621. The number of hydrogen-bond donors (Lipinski definition) is 2. The fraction of sp³-hybridized carbons (Fsp3) is 0.462. The third-order valence-electron chi connectivity index (χ3n) is 2.29. The van der Waals surface area contributed by atoms with Crippen molar-refractivity contribution in [2.75, 3.05) is 20.1 Å². The zero-order valence-electron chi connectivity index (χ0n) is 11.0. The van der Waals surface area contributed by atoms with Crippen molar-refractivity contribution in [3.8, 4) is 5.75 Å². The molecule has 0 saturated heterocycles. The predicted octanol–water partition coefficient (Wildman–Crippen LogP) is 1.78. The van der Waals surface area contributed by atoms with Gasteiger partial charge in [-0.2, -0.15) is 0 Å². The highest BCUT2D eigenvalue weighted by atomic mass is 19.1. The van der Waals surface area contributed by atoms with Gasteiger partial charge in [0, 0.05) is 13.6 Å². The molecule has 1 unspecified atom stereocenters. The third-order valence-corrected chi connectivity index (χ3v) is 2.29. The normalized spacial score (nSPS) is 13.0. The van der Waals surface area contributed by atoms with Crippen LogP contribution in [0.25, 0.3) is 0 Å². The van der Waals surface area contributed by atoms with E-state index < -0.39 is 0 Å². The van der Waals surface area contributed by atoms with Gasteiger partial charge < -0.3 is 15.4 Å². The highest BCUT2D eigenvalue weighted by molar-refractivity contribution is 5.79. The lowest BCUT2D eigenvalue weighted by atomic mass is 10.3. The highest BCUT2D eigenvalue weighted by Crippen LogP contribution is 2.16. The molecule has 18 heavy (non-hydrogen) atoms. The molecule has 0 aliphatic rings. The molecule has 5 heteroatoms. The number of hydrogen-bond acceptors (Lipinski definition) is 2. The van der Waals surface area contributed by atoms with Crippen LogP contribution in [0.15, 0.2) is 29.3 Å². The van der Waals surface area contributed by atoms with Crippen molar-refractivity contribution in [1.82, 2.24) is 10.6 Å². The van der Waals surface area contributed by atoms with Gasteiger partial charge in [-0.3, -0.25) is 4.99 Å². The van der Waals surface area contributed by atoms with Crippen LogP contribution >= 0.6 is 0 Å². The number of ether oxygens (including phenoxy) is 1. The molecule has 1 rings (SSSR count). The van der Waals surface area contributed by atoms with Crippen molar-refractivity contribution in [1.29, 1.82) is 0 Å². The summed E-state index contributed by atoms with van der Waals surface area (Å²) in [6.45, 7) is 5.21. The van der Waals surface area contributed by atoms with Crippen molar-refractivity contribution in [2.24, 2.45) is 4.99 Å². The number of para-hydroxylation sites is 1. The number of rotatable bonds is 5. The average molecular weight is 253 g/mol. The molecule has 0 aromatic heterocycles. The van der Waals surface area contributed by atoms with Crippen molar-refractivity contribution < 1.29 is 9.13 Å². The Morgan fingerprint density at radius 1 is 1.39 bits per heavy atom. The molecule has 0 amide bonds. The standard InChI is InChI=1S/C13H20FN3O/c1-4-16-13(15-3)17-9-10(2)18-12-8-6-5-7-11(12)14/h5-8,10H,4,9H2,1-3H3,(H2,15,16,17). The second-order valence-electron chi connectivity index (χ2n) is 3.84. The molecule has 100 valence electrons. The highest BCUT2D eigenvalue weighted by Gasteiger charge is 2.08. The lowest BCUT2D eigenvalue weighted by Crippen LogP contribution is -2.41. The number of aliphatic imine (C=N–C) groups is 1. The average Bonchev–Trinajstić information content (AvgIpc) is 2.37. The molecule has 1 aromatic carbocycles. The number of halogens is 1.